The molecule has 5 heteroatoms. The SMILES string of the molecule is C=C(C(=O)OC)C(C=C1CCCC1)OC(=O)OCC. The standard InChI is InChI=1S/C14H20O5/c1-4-18-14(16)19-12(10(2)13(15)17-3)9-11-7-5-6-8-11/h9,12H,2,4-8H2,1,3H3. The Morgan fingerprint density at radius 1 is 1.37 bits per heavy atom. The Bertz CT molecular complexity index is 375. The van der Waals surface area contributed by atoms with E-state index in [2.05, 4.69) is 11.3 Å². The lowest BCUT2D eigenvalue weighted by Crippen LogP contribution is -2.24. The second kappa shape index (κ2) is 7.61. The molecule has 1 rings (SSSR count). The minimum atomic E-state index is -0.820. The van der Waals surface area contributed by atoms with Crippen molar-refractivity contribution in [1.82, 2.24) is 0 Å². The minimum Gasteiger partial charge on any atom is -0.466 e. The van der Waals surface area contributed by atoms with E-state index in [1.165, 1.54) is 12.7 Å². The van der Waals surface area contributed by atoms with Crippen molar-refractivity contribution in [3.63, 3.8) is 0 Å². The number of methoxy groups -OCH3 is 1. The summed E-state index contributed by atoms with van der Waals surface area (Å²) in [6.45, 7) is 5.53. The van der Waals surface area contributed by atoms with Crippen LogP contribution < -0.4 is 0 Å². The maximum absolute atomic E-state index is 11.5. The fourth-order valence-corrected chi connectivity index (χ4v) is 1.92. The van der Waals surface area contributed by atoms with E-state index in [1.54, 1.807) is 13.0 Å². The Kier molecular flexibility index (Phi) is 6.12. The van der Waals surface area contributed by atoms with Crippen LogP contribution in [0.1, 0.15) is 32.6 Å². The van der Waals surface area contributed by atoms with Gasteiger partial charge in [-0.25, -0.2) is 9.59 Å². The first kappa shape index (κ1) is 15.3. The summed E-state index contributed by atoms with van der Waals surface area (Å²) in [5, 5.41) is 0. The van der Waals surface area contributed by atoms with E-state index in [9.17, 15) is 9.59 Å². The molecule has 0 aromatic rings. The highest BCUT2D eigenvalue weighted by Crippen LogP contribution is 2.26. The average molecular weight is 268 g/mol. The molecule has 0 radical (unpaired) electrons. The smallest absolute Gasteiger partial charge is 0.466 e. The zero-order chi connectivity index (χ0) is 14.3. The fourth-order valence-electron chi connectivity index (χ4n) is 1.92. The van der Waals surface area contributed by atoms with Gasteiger partial charge in [0.05, 0.1) is 19.3 Å². The number of carbonyl (C=O) groups is 2. The van der Waals surface area contributed by atoms with Crippen LogP contribution in [0.2, 0.25) is 0 Å². The number of ether oxygens (including phenoxy) is 3. The first-order valence-corrected chi connectivity index (χ1v) is 6.38. The summed E-state index contributed by atoms with van der Waals surface area (Å²) in [5.41, 5.74) is 1.26. The quantitative estimate of drug-likeness (QED) is 0.436. The second-order valence-corrected chi connectivity index (χ2v) is 4.27. The first-order chi connectivity index (χ1) is 9.08. The van der Waals surface area contributed by atoms with Crippen LogP contribution in [0.5, 0.6) is 0 Å². The molecule has 1 aliphatic carbocycles. The third kappa shape index (κ3) is 4.77. The van der Waals surface area contributed by atoms with Gasteiger partial charge < -0.3 is 14.2 Å². The minimum absolute atomic E-state index is 0.0925. The Labute approximate surface area is 113 Å². The van der Waals surface area contributed by atoms with Gasteiger partial charge >= 0.3 is 12.1 Å². The molecule has 0 aromatic heterocycles. The van der Waals surface area contributed by atoms with E-state index < -0.39 is 18.2 Å². The maximum Gasteiger partial charge on any atom is 0.509 e. The van der Waals surface area contributed by atoms with Gasteiger partial charge in [0.1, 0.15) is 0 Å². The van der Waals surface area contributed by atoms with Crippen molar-refractivity contribution in [2.24, 2.45) is 0 Å². The van der Waals surface area contributed by atoms with Crippen LogP contribution in [0, 0.1) is 0 Å². The van der Waals surface area contributed by atoms with Crippen molar-refractivity contribution in [1.29, 1.82) is 0 Å². The summed E-state index contributed by atoms with van der Waals surface area (Å²) >= 11 is 0. The Morgan fingerprint density at radius 2 is 2.00 bits per heavy atom. The van der Waals surface area contributed by atoms with Crippen LogP contribution in [-0.4, -0.2) is 31.9 Å². The van der Waals surface area contributed by atoms with Gasteiger partial charge in [0.15, 0.2) is 6.10 Å². The third-order valence-corrected chi connectivity index (χ3v) is 2.91. The van der Waals surface area contributed by atoms with E-state index in [4.69, 9.17) is 9.47 Å². The molecule has 1 aliphatic rings. The average Bonchev–Trinajstić information content (AvgIpc) is 2.89. The molecular formula is C14H20O5. The number of hydrogen-bond acceptors (Lipinski definition) is 5. The van der Waals surface area contributed by atoms with Crippen LogP contribution in [0.15, 0.2) is 23.8 Å². The molecule has 0 N–H and O–H groups in total. The first-order valence-electron chi connectivity index (χ1n) is 6.38. The topological polar surface area (TPSA) is 61.8 Å². The van der Waals surface area contributed by atoms with E-state index in [0.29, 0.717) is 0 Å². The molecule has 106 valence electrons. The van der Waals surface area contributed by atoms with E-state index in [1.807, 2.05) is 0 Å². The molecule has 0 saturated heterocycles. The molecule has 19 heavy (non-hydrogen) atoms. The van der Waals surface area contributed by atoms with Crippen LogP contribution in [0.4, 0.5) is 4.79 Å². The lowest BCUT2D eigenvalue weighted by atomic mass is 10.1. The normalized spacial score (nSPS) is 15.6. The van der Waals surface area contributed by atoms with Crippen molar-refractivity contribution >= 4 is 12.1 Å². The molecule has 0 heterocycles. The summed E-state index contributed by atoms with van der Waals surface area (Å²) in [6, 6.07) is 0. The van der Waals surface area contributed by atoms with Gasteiger partial charge in [-0.15, -0.1) is 0 Å². The molecule has 0 bridgehead atoms. The summed E-state index contributed by atoms with van der Waals surface area (Å²) < 4.78 is 14.4. The van der Waals surface area contributed by atoms with Gasteiger partial charge in [0.2, 0.25) is 0 Å². The van der Waals surface area contributed by atoms with Crippen LogP contribution >= 0.6 is 0 Å². The summed E-state index contributed by atoms with van der Waals surface area (Å²) in [7, 11) is 1.26. The predicted molar refractivity (Wildman–Crippen MR) is 69.6 cm³/mol. The zero-order valence-electron chi connectivity index (χ0n) is 11.4. The van der Waals surface area contributed by atoms with Gasteiger partial charge in [-0.05, 0) is 38.7 Å². The highest BCUT2D eigenvalue weighted by molar-refractivity contribution is 5.89. The Balaban J connectivity index is 2.77. The molecule has 0 aromatic carbocycles. The van der Waals surface area contributed by atoms with Crippen molar-refractivity contribution in [2.75, 3.05) is 13.7 Å². The number of carbonyl (C=O) groups excluding carboxylic acids is 2. The zero-order valence-corrected chi connectivity index (χ0v) is 11.4. The highest BCUT2D eigenvalue weighted by Gasteiger charge is 2.23. The molecule has 1 atom stereocenters. The summed E-state index contributed by atoms with van der Waals surface area (Å²) in [5.74, 6) is -0.593. The van der Waals surface area contributed by atoms with E-state index in [0.717, 1.165) is 25.7 Å². The van der Waals surface area contributed by atoms with Crippen LogP contribution in [0.25, 0.3) is 0 Å². The van der Waals surface area contributed by atoms with Crippen LogP contribution in [0.3, 0.4) is 0 Å². The van der Waals surface area contributed by atoms with E-state index >= 15 is 0 Å². The molecule has 0 amide bonds. The van der Waals surface area contributed by atoms with Gasteiger partial charge in [-0.3, -0.25) is 0 Å². The molecule has 1 saturated carbocycles. The Morgan fingerprint density at radius 3 is 2.53 bits per heavy atom. The van der Waals surface area contributed by atoms with Crippen molar-refractivity contribution in [3.05, 3.63) is 23.8 Å². The molecule has 1 unspecified atom stereocenters. The highest BCUT2D eigenvalue weighted by atomic mass is 16.7. The fraction of sp³-hybridized carbons (Fsp3) is 0.571. The number of hydrogen-bond donors (Lipinski definition) is 0. The molecule has 5 nitrogen and oxygen atoms in total. The van der Waals surface area contributed by atoms with Gasteiger partial charge in [0, 0.05) is 0 Å². The van der Waals surface area contributed by atoms with Crippen molar-refractivity contribution in [3.8, 4) is 0 Å². The van der Waals surface area contributed by atoms with Gasteiger partial charge in [0.25, 0.3) is 0 Å². The molecule has 1 fully saturated rings. The van der Waals surface area contributed by atoms with Crippen molar-refractivity contribution in [2.45, 2.75) is 38.7 Å². The summed E-state index contributed by atoms with van der Waals surface area (Å²) in [4.78, 5) is 22.9. The van der Waals surface area contributed by atoms with Gasteiger partial charge in [-0.2, -0.15) is 0 Å². The third-order valence-electron chi connectivity index (χ3n) is 2.91. The molecule has 0 spiro atoms. The van der Waals surface area contributed by atoms with Gasteiger partial charge in [-0.1, -0.05) is 12.2 Å². The predicted octanol–water partition coefficient (Wildman–Crippen LogP) is 2.76. The monoisotopic (exact) mass is 268 g/mol. The molecule has 0 aliphatic heterocycles. The Hall–Kier alpha value is -1.78. The maximum atomic E-state index is 11.5. The molecular weight excluding hydrogens is 248 g/mol. The lowest BCUT2D eigenvalue weighted by Gasteiger charge is -2.16. The summed E-state index contributed by atoms with van der Waals surface area (Å²) in [6.07, 6.45) is 4.27. The second-order valence-electron chi connectivity index (χ2n) is 4.27. The van der Waals surface area contributed by atoms with Crippen LogP contribution in [-0.2, 0) is 19.0 Å². The number of esters is 1. The van der Waals surface area contributed by atoms with E-state index in [-0.39, 0.29) is 12.2 Å². The number of allylic oxidation sites excluding steroid dienone is 1. The number of rotatable bonds is 5. The lowest BCUT2D eigenvalue weighted by molar-refractivity contribution is -0.137. The van der Waals surface area contributed by atoms with Crippen molar-refractivity contribution < 1.29 is 23.8 Å². The largest absolute Gasteiger partial charge is 0.509 e.